The smallest absolute Gasteiger partial charge is 0.308 e. The molecule has 3 aromatic heterocycles. The number of fused-ring (bicyclic) bond motifs is 1. The Morgan fingerprint density at radius 1 is 0.818 bits per heavy atom. The van der Waals surface area contributed by atoms with E-state index in [1.165, 1.54) is 0 Å². The summed E-state index contributed by atoms with van der Waals surface area (Å²) in [6.45, 7) is 0. The number of rotatable bonds is 4. The molecule has 0 saturated heterocycles. The van der Waals surface area contributed by atoms with E-state index in [2.05, 4.69) is 25.8 Å². The molecule has 0 aliphatic rings. The molecule has 2 N–H and O–H groups in total. The molecule has 10 heteroatoms. The van der Waals surface area contributed by atoms with Crippen molar-refractivity contribution in [3.8, 4) is 22.6 Å². The van der Waals surface area contributed by atoms with Crippen LogP contribution >= 0.6 is 23.2 Å². The molecular formula is C23H15Cl2N7O. The lowest BCUT2D eigenvalue weighted by Crippen LogP contribution is -2.19. The number of hydrogen-bond donors (Lipinski definition) is 2. The Morgan fingerprint density at radius 3 is 2.42 bits per heavy atom. The van der Waals surface area contributed by atoms with E-state index < -0.39 is 6.03 Å². The van der Waals surface area contributed by atoms with Gasteiger partial charge in [0.05, 0.1) is 15.7 Å². The lowest BCUT2D eigenvalue weighted by molar-refractivity contribution is 0.262. The van der Waals surface area contributed by atoms with Gasteiger partial charge < -0.3 is 10.6 Å². The largest absolute Gasteiger partial charge is 0.323 e. The highest BCUT2D eigenvalue weighted by Gasteiger charge is 2.12. The van der Waals surface area contributed by atoms with Gasteiger partial charge in [0, 0.05) is 34.9 Å². The molecule has 0 spiro atoms. The molecule has 3 heterocycles. The minimum atomic E-state index is -0.411. The average molecular weight is 476 g/mol. The molecule has 162 valence electrons. The highest BCUT2D eigenvalue weighted by molar-refractivity contribution is 6.42. The Balaban J connectivity index is 1.39. The zero-order valence-corrected chi connectivity index (χ0v) is 18.4. The Bertz CT molecular complexity index is 1470. The number of aromatic nitrogens is 5. The van der Waals surface area contributed by atoms with Crippen LogP contribution in [0.5, 0.6) is 0 Å². The molecule has 0 saturated carbocycles. The van der Waals surface area contributed by atoms with E-state index in [9.17, 15) is 4.79 Å². The number of amides is 2. The number of carbonyl (C=O) groups is 1. The van der Waals surface area contributed by atoms with Crippen LogP contribution < -0.4 is 10.6 Å². The predicted octanol–water partition coefficient (Wildman–Crippen LogP) is 5.80. The van der Waals surface area contributed by atoms with Crippen LogP contribution in [-0.2, 0) is 0 Å². The molecule has 0 atom stereocenters. The lowest BCUT2D eigenvalue weighted by Gasteiger charge is -2.10. The van der Waals surface area contributed by atoms with Gasteiger partial charge in [-0.05, 0) is 54.6 Å². The Kier molecular flexibility index (Phi) is 5.60. The van der Waals surface area contributed by atoms with Crippen LogP contribution in [0.25, 0.3) is 28.3 Å². The highest BCUT2D eigenvalue weighted by atomic mass is 35.5. The van der Waals surface area contributed by atoms with Crippen LogP contribution in [0.3, 0.4) is 0 Å². The van der Waals surface area contributed by atoms with Crippen molar-refractivity contribution < 1.29 is 4.79 Å². The fourth-order valence-electron chi connectivity index (χ4n) is 3.24. The molecule has 0 bridgehead atoms. The summed E-state index contributed by atoms with van der Waals surface area (Å²) in [7, 11) is 0. The van der Waals surface area contributed by atoms with E-state index in [0.717, 1.165) is 11.1 Å². The Morgan fingerprint density at radius 2 is 1.64 bits per heavy atom. The first kappa shape index (κ1) is 20.9. The molecule has 5 rings (SSSR count). The average Bonchev–Trinajstić information content (AvgIpc) is 3.25. The summed E-state index contributed by atoms with van der Waals surface area (Å²) in [5, 5.41) is 19.4. The zero-order valence-electron chi connectivity index (χ0n) is 16.9. The van der Waals surface area contributed by atoms with E-state index in [4.69, 9.17) is 28.3 Å². The van der Waals surface area contributed by atoms with Crippen molar-refractivity contribution in [2.45, 2.75) is 0 Å². The summed E-state index contributed by atoms with van der Waals surface area (Å²) < 4.78 is 1.67. The molecule has 0 fully saturated rings. The first-order chi connectivity index (χ1) is 16.1. The third-order valence-electron chi connectivity index (χ3n) is 4.78. The van der Waals surface area contributed by atoms with Crippen molar-refractivity contribution in [3.63, 3.8) is 0 Å². The number of halogens is 2. The lowest BCUT2D eigenvalue weighted by atomic mass is 10.1. The van der Waals surface area contributed by atoms with Crippen molar-refractivity contribution in [1.29, 1.82) is 0 Å². The van der Waals surface area contributed by atoms with Crippen LogP contribution in [-0.4, -0.2) is 30.8 Å². The van der Waals surface area contributed by atoms with Crippen LogP contribution in [0, 0.1) is 0 Å². The number of nitrogens with one attached hydrogen (secondary N) is 2. The summed E-state index contributed by atoms with van der Waals surface area (Å²) in [6, 6.07) is 19.2. The predicted molar refractivity (Wildman–Crippen MR) is 129 cm³/mol. The van der Waals surface area contributed by atoms with Gasteiger partial charge in [0.1, 0.15) is 0 Å². The monoisotopic (exact) mass is 475 g/mol. The minimum absolute atomic E-state index is 0.359. The minimum Gasteiger partial charge on any atom is -0.308 e. The maximum Gasteiger partial charge on any atom is 0.323 e. The van der Waals surface area contributed by atoms with Crippen LogP contribution in [0.15, 0.2) is 79.1 Å². The van der Waals surface area contributed by atoms with Gasteiger partial charge in [-0.15, -0.1) is 10.2 Å². The third-order valence-corrected chi connectivity index (χ3v) is 5.52. The SMILES string of the molecule is O=C(Nc1cccc(-c2ccc3nnc(-c4cccnc4)n3n2)c1)Nc1ccc(Cl)c(Cl)c1. The Hall–Kier alpha value is -4.01. The molecule has 8 nitrogen and oxygen atoms in total. The van der Waals surface area contributed by atoms with E-state index in [0.29, 0.717) is 38.6 Å². The molecular weight excluding hydrogens is 461 g/mol. The molecule has 0 unspecified atom stereocenters. The fourth-order valence-corrected chi connectivity index (χ4v) is 3.54. The van der Waals surface area contributed by atoms with Gasteiger partial charge >= 0.3 is 6.03 Å². The van der Waals surface area contributed by atoms with E-state index in [-0.39, 0.29) is 0 Å². The van der Waals surface area contributed by atoms with Gasteiger partial charge in [-0.3, -0.25) is 4.98 Å². The standard InChI is InChI=1S/C23H15Cl2N7O/c24-18-7-6-17(12-19(18)25)28-23(33)27-16-5-1-3-14(11-16)20-8-9-21-29-30-22(32(21)31-20)15-4-2-10-26-13-15/h1-13H,(H2,27,28,33). The second kappa shape index (κ2) is 8.85. The molecule has 5 aromatic rings. The number of hydrogen-bond acceptors (Lipinski definition) is 5. The van der Waals surface area contributed by atoms with E-state index in [1.54, 1.807) is 41.2 Å². The molecule has 0 aliphatic carbocycles. The summed E-state index contributed by atoms with van der Waals surface area (Å²) in [4.78, 5) is 16.6. The van der Waals surface area contributed by atoms with Gasteiger partial charge in [0.25, 0.3) is 0 Å². The van der Waals surface area contributed by atoms with E-state index >= 15 is 0 Å². The van der Waals surface area contributed by atoms with Crippen LogP contribution in [0.4, 0.5) is 16.2 Å². The number of benzene rings is 2. The number of pyridine rings is 1. The van der Waals surface area contributed by atoms with Crippen molar-refractivity contribution in [1.82, 2.24) is 24.8 Å². The number of carbonyl (C=O) groups excluding carboxylic acids is 1. The van der Waals surface area contributed by atoms with Gasteiger partial charge in [0.2, 0.25) is 0 Å². The van der Waals surface area contributed by atoms with Gasteiger partial charge in [-0.2, -0.15) is 9.61 Å². The van der Waals surface area contributed by atoms with Crippen LogP contribution in [0.2, 0.25) is 10.0 Å². The van der Waals surface area contributed by atoms with E-state index in [1.807, 2.05) is 42.5 Å². The molecule has 0 radical (unpaired) electrons. The van der Waals surface area contributed by atoms with Gasteiger partial charge in [-0.1, -0.05) is 35.3 Å². The highest BCUT2D eigenvalue weighted by Crippen LogP contribution is 2.26. The maximum atomic E-state index is 12.4. The Labute approximate surface area is 198 Å². The van der Waals surface area contributed by atoms with Crippen molar-refractivity contribution in [2.75, 3.05) is 10.6 Å². The fraction of sp³-hybridized carbons (Fsp3) is 0. The first-order valence-electron chi connectivity index (χ1n) is 9.83. The second-order valence-electron chi connectivity index (χ2n) is 7.04. The van der Waals surface area contributed by atoms with Crippen LogP contribution in [0.1, 0.15) is 0 Å². The first-order valence-corrected chi connectivity index (χ1v) is 10.6. The molecule has 0 aliphatic heterocycles. The van der Waals surface area contributed by atoms with Crippen molar-refractivity contribution >= 4 is 46.3 Å². The number of urea groups is 1. The quantitative estimate of drug-likeness (QED) is 0.342. The summed E-state index contributed by atoms with van der Waals surface area (Å²) >= 11 is 11.9. The number of anilines is 2. The molecule has 2 aromatic carbocycles. The zero-order chi connectivity index (χ0) is 22.8. The van der Waals surface area contributed by atoms with Crippen molar-refractivity contribution in [3.05, 3.63) is 89.2 Å². The van der Waals surface area contributed by atoms with Gasteiger partial charge in [0.15, 0.2) is 11.5 Å². The number of nitrogens with zero attached hydrogens (tertiary/aromatic N) is 5. The summed E-state index contributed by atoms with van der Waals surface area (Å²) in [5.41, 5.74) is 4.07. The van der Waals surface area contributed by atoms with Crippen molar-refractivity contribution in [2.24, 2.45) is 0 Å². The topological polar surface area (TPSA) is 97.1 Å². The maximum absolute atomic E-state index is 12.4. The second-order valence-corrected chi connectivity index (χ2v) is 7.86. The third kappa shape index (κ3) is 4.48. The summed E-state index contributed by atoms with van der Waals surface area (Å²) in [5.74, 6) is 0.593. The molecule has 2 amide bonds. The van der Waals surface area contributed by atoms with Gasteiger partial charge in [-0.25, -0.2) is 4.79 Å². The molecule has 33 heavy (non-hydrogen) atoms. The normalized spacial score (nSPS) is 10.8. The summed E-state index contributed by atoms with van der Waals surface area (Å²) in [6.07, 6.45) is 3.41.